The maximum Gasteiger partial charge on any atom is 0.128 e. The SMILES string of the molecule is C=CC1(F)CCC(Cc2ccc3ncc(C4=C(C)OCC(C)=C4C)cc3c2)CC1. The molecule has 3 heteroatoms. The lowest BCUT2D eigenvalue weighted by Gasteiger charge is -2.31. The summed E-state index contributed by atoms with van der Waals surface area (Å²) in [6, 6.07) is 8.75. The Labute approximate surface area is 173 Å². The van der Waals surface area contributed by atoms with Crippen LogP contribution in [0.4, 0.5) is 4.39 Å². The molecule has 0 bridgehead atoms. The zero-order valence-electron chi connectivity index (χ0n) is 17.7. The predicted octanol–water partition coefficient (Wildman–Crippen LogP) is 6.96. The Balaban J connectivity index is 1.59. The van der Waals surface area contributed by atoms with Crippen molar-refractivity contribution >= 4 is 16.5 Å². The molecule has 0 spiro atoms. The lowest BCUT2D eigenvalue weighted by Crippen LogP contribution is -2.27. The van der Waals surface area contributed by atoms with Gasteiger partial charge < -0.3 is 4.74 Å². The van der Waals surface area contributed by atoms with Gasteiger partial charge in [0.05, 0.1) is 5.52 Å². The number of halogens is 1. The summed E-state index contributed by atoms with van der Waals surface area (Å²) in [6.07, 6.45) is 7.48. The zero-order valence-corrected chi connectivity index (χ0v) is 17.7. The number of benzene rings is 1. The highest BCUT2D eigenvalue weighted by Crippen LogP contribution is 2.38. The van der Waals surface area contributed by atoms with Crippen LogP contribution in [0.2, 0.25) is 0 Å². The molecule has 0 atom stereocenters. The first-order chi connectivity index (χ1) is 13.9. The molecule has 1 aliphatic carbocycles. The Kier molecular flexibility index (Phi) is 5.33. The van der Waals surface area contributed by atoms with Gasteiger partial charge in [-0.1, -0.05) is 18.7 Å². The number of aromatic nitrogens is 1. The number of alkyl halides is 1. The number of hydrogen-bond acceptors (Lipinski definition) is 2. The average molecular weight is 392 g/mol. The van der Waals surface area contributed by atoms with E-state index in [-0.39, 0.29) is 0 Å². The second kappa shape index (κ2) is 7.78. The first kappa shape index (κ1) is 19.9. The van der Waals surface area contributed by atoms with Gasteiger partial charge in [-0.25, -0.2) is 4.39 Å². The number of rotatable bonds is 4. The van der Waals surface area contributed by atoms with Crippen LogP contribution in [0.1, 0.15) is 57.6 Å². The van der Waals surface area contributed by atoms with E-state index in [0.717, 1.165) is 47.1 Å². The van der Waals surface area contributed by atoms with Gasteiger partial charge >= 0.3 is 0 Å². The van der Waals surface area contributed by atoms with E-state index in [1.807, 2.05) is 13.1 Å². The number of pyridine rings is 1. The number of allylic oxidation sites excluding steroid dienone is 4. The van der Waals surface area contributed by atoms with E-state index >= 15 is 0 Å². The summed E-state index contributed by atoms with van der Waals surface area (Å²) in [5, 5.41) is 1.15. The third-order valence-corrected chi connectivity index (χ3v) is 6.73. The molecule has 2 aromatic rings. The summed E-state index contributed by atoms with van der Waals surface area (Å²) in [4.78, 5) is 4.70. The van der Waals surface area contributed by atoms with Crippen molar-refractivity contribution in [3.63, 3.8) is 0 Å². The topological polar surface area (TPSA) is 22.1 Å². The van der Waals surface area contributed by atoms with Crippen LogP contribution in [-0.4, -0.2) is 17.3 Å². The van der Waals surface area contributed by atoms with Crippen LogP contribution in [0.25, 0.3) is 16.5 Å². The molecule has 1 aliphatic heterocycles. The largest absolute Gasteiger partial charge is 0.493 e. The molecule has 0 saturated heterocycles. The first-order valence-electron chi connectivity index (χ1n) is 10.6. The minimum Gasteiger partial charge on any atom is -0.493 e. The van der Waals surface area contributed by atoms with Gasteiger partial charge in [-0.05, 0) is 93.7 Å². The summed E-state index contributed by atoms with van der Waals surface area (Å²) in [6.45, 7) is 10.6. The van der Waals surface area contributed by atoms with E-state index in [1.165, 1.54) is 22.8 Å². The molecule has 2 nitrogen and oxygen atoms in total. The minimum absolute atomic E-state index is 0.539. The van der Waals surface area contributed by atoms with Crippen LogP contribution in [0.3, 0.4) is 0 Å². The Morgan fingerprint density at radius 1 is 1.21 bits per heavy atom. The van der Waals surface area contributed by atoms with Gasteiger partial charge in [0.1, 0.15) is 18.0 Å². The lowest BCUT2D eigenvalue weighted by atomic mass is 9.77. The molecule has 0 N–H and O–H groups in total. The van der Waals surface area contributed by atoms with Crippen molar-refractivity contribution in [2.75, 3.05) is 6.61 Å². The predicted molar refractivity (Wildman–Crippen MR) is 118 cm³/mol. The van der Waals surface area contributed by atoms with Crippen molar-refractivity contribution in [1.29, 1.82) is 0 Å². The van der Waals surface area contributed by atoms with Crippen molar-refractivity contribution < 1.29 is 9.13 Å². The highest BCUT2D eigenvalue weighted by Gasteiger charge is 2.32. The molecule has 4 rings (SSSR count). The summed E-state index contributed by atoms with van der Waals surface area (Å²) >= 11 is 0. The van der Waals surface area contributed by atoms with Crippen molar-refractivity contribution in [2.45, 2.75) is 58.5 Å². The maximum absolute atomic E-state index is 14.4. The Bertz CT molecular complexity index is 1010. The summed E-state index contributed by atoms with van der Waals surface area (Å²) in [5.41, 5.74) is 5.96. The van der Waals surface area contributed by atoms with E-state index in [4.69, 9.17) is 9.72 Å². The maximum atomic E-state index is 14.4. The second-order valence-electron chi connectivity index (χ2n) is 8.76. The van der Waals surface area contributed by atoms with Crippen LogP contribution < -0.4 is 0 Å². The third-order valence-electron chi connectivity index (χ3n) is 6.73. The van der Waals surface area contributed by atoms with E-state index in [9.17, 15) is 4.39 Å². The van der Waals surface area contributed by atoms with Gasteiger partial charge in [0.25, 0.3) is 0 Å². The van der Waals surface area contributed by atoms with E-state index in [0.29, 0.717) is 25.4 Å². The number of fused-ring (bicyclic) bond motifs is 1. The molecule has 29 heavy (non-hydrogen) atoms. The first-order valence-corrected chi connectivity index (χ1v) is 10.6. The van der Waals surface area contributed by atoms with Gasteiger partial charge in [-0.3, -0.25) is 4.98 Å². The molecule has 0 radical (unpaired) electrons. The van der Waals surface area contributed by atoms with Crippen molar-refractivity contribution in [3.05, 3.63) is 71.1 Å². The molecule has 1 saturated carbocycles. The van der Waals surface area contributed by atoms with Gasteiger partial charge in [-0.15, -0.1) is 0 Å². The molecule has 0 amide bonds. The molecule has 2 aliphatic rings. The summed E-state index contributed by atoms with van der Waals surface area (Å²) < 4.78 is 20.2. The molecular weight excluding hydrogens is 361 g/mol. The monoisotopic (exact) mass is 391 g/mol. The highest BCUT2D eigenvalue weighted by molar-refractivity contribution is 5.88. The molecule has 2 heterocycles. The van der Waals surface area contributed by atoms with E-state index < -0.39 is 5.67 Å². The quantitative estimate of drug-likeness (QED) is 0.526. The van der Waals surface area contributed by atoms with Crippen molar-refractivity contribution in [1.82, 2.24) is 4.98 Å². The fraction of sp³-hybridized carbons (Fsp3) is 0.423. The smallest absolute Gasteiger partial charge is 0.128 e. The molecular formula is C26H30FNO. The average Bonchev–Trinajstić information content (AvgIpc) is 2.73. The van der Waals surface area contributed by atoms with Crippen molar-refractivity contribution in [2.24, 2.45) is 5.92 Å². The highest BCUT2D eigenvalue weighted by atomic mass is 19.1. The lowest BCUT2D eigenvalue weighted by molar-refractivity contribution is 0.133. The van der Waals surface area contributed by atoms with Crippen LogP contribution >= 0.6 is 0 Å². The molecule has 1 fully saturated rings. The van der Waals surface area contributed by atoms with Crippen LogP contribution in [0.15, 0.2) is 60.0 Å². The standard InChI is InChI=1S/C26H30FNO/c1-5-26(27)10-8-20(9-11-26)12-21-6-7-24-22(13-21)14-23(15-28-24)25-18(3)17(2)16-29-19(25)4/h5-7,13-15,20H,1,8-12,16H2,2-4H3. The normalized spacial score (nSPS) is 25.3. The number of nitrogens with zero attached hydrogens (tertiary/aromatic N) is 1. The fourth-order valence-electron chi connectivity index (χ4n) is 4.64. The molecule has 1 aromatic heterocycles. The molecule has 1 aromatic carbocycles. The van der Waals surface area contributed by atoms with E-state index in [2.05, 4.69) is 44.7 Å². The fourth-order valence-corrected chi connectivity index (χ4v) is 4.64. The molecule has 152 valence electrons. The van der Waals surface area contributed by atoms with Gasteiger partial charge in [-0.2, -0.15) is 0 Å². The number of hydrogen-bond donors (Lipinski definition) is 0. The summed E-state index contributed by atoms with van der Waals surface area (Å²) in [5.74, 6) is 1.50. The Morgan fingerprint density at radius 3 is 2.69 bits per heavy atom. The third kappa shape index (κ3) is 4.01. The number of ether oxygens (including phenoxy) is 1. The van der Waals surface area contributed by atoms with Gasteiger partial charge in [0, 0.05) is 22.7 Å². The van der Waals surface area contributed by atoms with Gasteiger partial charge in [0.2, 0.25) is 0 Å². The summed E-state index contributed by atoms with van der Waals surface area (Å²) in [7, 11) is 0. The zero-order chi connectivity index (χ0) is 20.6. The van der Waals surface area contributed by atoms with E-state index in [1.54, 1.807) is 0 Å². The Morgan fingerprint density at radius 2 is 1.97 bits per heavy atom. The van der Waals surface area contributed by atoms with Crippen LogP contribution in [0, 0.1) is 5.92 Å². The van der Waals surface area contributed by atoms with Crippen LogP contribution in [0.5, 0.6) is 0 Å². The Hall–Kier alpha value is -2.42. The minimum atomic E-state index is -1.16. The second-order valence-corrected chi connectivity index (χ2v) is 8.76. The van der Waals surface area contributed by atoms with Crippen LogP contribution in [-0.2, 0) is 11.2 Å². The van der Waals surface area contributed by atoms with Crippen molar-refractivity contribution in [3.8, 4) is 0 Å². The molecule has 0 unspecified atom stereocenters. The van der Waals surface area contributed by atoms with Gasteiger partial charge in [0.15, 0.2) is 0 Å².